The van der Waals surface area contributed by atoms with Gasteiger partial charge < -0.3 is 10.0 Å². The maximum atomic E-state index is 11.5. The molecule has 0 radical (unpaired) electrons. The Balaban J connectivity index is 2.81. The summed E-state index contributed by atoms with van der Waals surface area (Å²) in [6.07, 6.45) is 0.982. The van der Waals surface area contributed by atoms with E-state index in [0.717, 1.165) is 6.42 Å². The summed E-state index contributed by atoms with van der Waals surface area (Å²) in [6.45, 7) is 4.11. The fourth-order valence-corrected chi connectivity index (χ4v) is 2.14. The number of carbonyl (C=O) groups excluding carboxylic acids is 1. The summed E-state index contributed by atoms with van der Waals surface area (Å²) >= 11 is 5.84. The first-order valence-corrected chi connectivity index (χ1v) is 5.57. The van der Waals surface area contributed by atoms with Gasteiger partial charge in [0.25, 0.3) is 0 Å². The van der Waals surface area contributed by atoms with Crippen molar-refractivity contribution in [1.29, 1.82) is 0 Å². The molecule has 0 aromatic carbocycles. The van der Waals surface area contributed by atoms with E-state index in [0.29, 0.717) is 6.54 Å². The SMILES string of the molecule is CC[C@H](C)[C@@H](C(=O)O)N1CC(Cl)CC1=O. The van der Waals surface area contributed by atoms with Crippen molar-refractivity contribution in [2.75, 3.05) is 6.54 Å². The predicted molar refractivity (Wildman–Crippen MR) is 56.8 cm³/mol. The van der Waals surface area contributed by atoms with E-state index in [1.165, 1.54) is 4.90 Å². The van der Waals surface area contributed by atoms with Gasteiger partial charge in [0.15, 0.2) is 0 Å². The molecule has 0 aromatic heterocycles. The highest BCUT2D eigenvalue weighted by atomic mass is 35.5. The second kappa shape index (κ2) is 4.84. The first kappa shape index (κ1) is 12.3. The van der Waals surface area contributed by atoms with E-state index in [-0.39, 0.29) is 23.6 Å². The molecule has 0 bridgehead atoms. The quantitative estimate of drug-likeness (QED) is 0.746. The summed E-state index contributed by atoms with van der Waals surface area (Å²) in [5.41, 5.74) is 0. The number of aliphatic carboxylic acids is 1. The van der Waals surface area contributed by atoms with Gasteiger partial charge in [0.1, 0.15) is 6.04 Å². The molecule has 1 rings (SSSR count). The number of hydrogen-bond acceptors (Lipinski definition) is 2. The zero-order valence-corrected chi connectivity index (χ0v) is 9.70. The first-order chi connectivity index (χ1) is 6.97. The predicted octanol–water partition coefficient (Wildman–Crippen LogP) is 1.33. The van der Waals surface area contributed by atoms with Gasteiger partial charge in [0, 0.05) is 13.0 Å². The van der Waals surface area contributed by atoms with Gasteiger partial charge in [0.2, 0.25) is 5.91 Å². The van der Waals surface area contributed by atoms with Gasteiger partial charge in [-0.05, 0) is 5.92 Å². The molecule has 3 atom stereocenters. The Morgan fingerprint density at radius 3 is 2.67 bits per heavy atom. The molecular formula is C10H16ClNO3. The maximum absolute atomic E-state index is 11.5. The van der Waals surface area contributed by atoms with Crippen LogP contribution in [0.25, 0.3) is 0 Å². The van der Waals surface area contributed by atoms with E-state index >= 15 is 0 Å². The van der Waals surface area contributed by atoms with Gasteiger partial charge in [-0.3, -0.25) is 4.79 Å². The minimum absolute atomic E-state index is 0.0478. The Morgan fingerprint density at radius 1 is 1.73 bits per heavy atom. The average Bonchev–Trinajstić information content (AvgIpc) is 2.45. The van der Waals surface area contributed by atoms with Crippen LogP contribution >= 0.6 is 11.6 Å². The highest BCUT2D eigenvalue weighted by Gasteiger charge is 2.39. The lowest BCUT2D eigenvalue weighted by Crippen LogP contribution is -2.46. The number of amides is 1. The second-order valence-electron chi connectivity index (χ2n) is 4.02. The van der Waals surface area contributed by atoms with Crippen LogP contribution < -0.4 is 0 Å². The van der Waals surface area contributed by atoms with Crippen molar-refractivity contribution in [1.82, 2.24) is 4.90 Å². The van der Waals surface area contributed by atoms with Gasteiger partial charge >= 0.3 is 5.97 Å². The lowest BCUT2D eigenvalue weighted by Gasteiger charge is -2.28. The topological polar surface area (TPSA) is 57.6 Å². The van der Waals surface area contributed by atoms with E-state index in [2.05, 4.69) is 0 Å². The highest BCUT2D eigenvalue weighted by molar-refractivity contribution is 6.22. The summed E-state index contributed by atoms with van der Waals surface area (Å²) in [6, 6.07) is -0.730. The summed E-state index contributed by atoms with van der Waals surface area (Å²) in [5, 5.41) is 8.86. The number of likely N-dealkylation sites (tertiary alicyclic amines) is 1. The van der Waals surface area contributed by atoms with Crippen molar-refractivity contribution in [2.45, 2.75) is 38.1 Å². The van der Waals surface area contributed by atoms with Crippen LogP contribution in [0.1, 0.15) is 26.7 Å². The highest BCUT2D eigenvalue weighted by Crippen LogP contribution is 2.24. The molecule has 1 amide bonds. The lowest BCUT2D eigenvalue weighted by molar-refractivity contribution is -0.150. The van der Waals surface area contributed by atoms with Crippen molar-refractivity contribution in [2.24, 2.45) is 5.92 Å². The summed E-state index contributed by atoms with van der Waals surface area (Å²) < 4.78 is 0. The zero-order chi connectivity index (χ0) is 11.6. The van der Waals surface area contributed by atoms with Crippen molar-refractivity contribution >= 4 is 23.5 Å². The molecule has 1 saturated heterocycles. The number of rotatable bonds is 4. The summed E-state index contributed by atoms with van der Waals surface area (Å²) in [5.74, 6) is -1.14. The molecule has 86 valence electrons. The average molecular weight is 234 g/mol. The molecular weight excluding hydrogens is 218 g/mol. The van der Waals surface area contributed by atoms with E-state index in [9.17, 15) is 9.59 Å². The minimum atomic E-state index is -0.941. The third-order valence-corrected chi connectivity index (χ3v) is 3.18. The van der Waals surface area contributed by atoms with E-state index in [1.54, 1.807) is 0 Å². The molecule has 1 heterocycles. The maximum Gasteiger partial charge on any atom is 0.326 e. The molecule has 1 unspecified atom stereocenters. The van der Waals surface area contributed by atoms with Gasteiger partial charge in [0.05, 0.1) is 5.38 Å². The molecule has 0 spiro atoms. The van der Waals surface area contributed by atoms with Gasteiger partial charge in [-0.25, -0.2) is 4.79 Å². The van der Waals surface area contributed by atoms with Crippen molar-refractivity contribution in [3.05, 3.63) is 0 Å². The number of nitrogens with zero attached hydrogens (tertiary/aromatic N) is 1. The first-order valence-electron chi connectivity index (χ1n) is 5.13. The van der Waals surface area contributed by atoms with Crippen LogP contribution in [-0.4, -0.2) is 39.8 Å². The third-order valence-electron chi connectivity index (χ3n) is 2.88. The lowest BCUT2D eigenvalue weighted by atomic mass is 9.98. The molecule has 15 heavy (non-hydrogen) atoms. The second-order valence-corrected chi connectivity index (χ2v) is 4.63. The summed E-state index contributed by atoms with van der Waals surface area (Å²) in [7, 11) is 0. The standard InChI is InChI=1S/C10H16ClNO3/c1-3-6(2)9(10(14)15)12-5-7(11)4-8(12)13/h6-7,9H,3-5H2,1-2H3,(H,14,15)/t6-,7?,9-/m0/s1. The Hall–Kier alpha value is -0.770. The fraction of sp³-hybridized carbons (Fsp3) is 0.800. The van der Waals surface area contributed by atoms with Crippen LogP contribution in [0.4, 0.5) is 0 Å². The van der Waals surface area contributed by atoms with Crippen molar-refractivity contribution in [3.8, 4) is 0 Å². The van der Waals surface area contributed by atoms with Gasteiger partial charge in [-0.2, -0.15) is 0 Å². The third kappa shape index (κ3) is 2.62. The Morgan fingerprint density at radius 2 is 2.33 bits per heavy atom. The fourth-order valence-electron chi connectivity index (χ4n) is 1.86. The summed E-state index contributed by atoms with van der Waals surface area (Å²) in [4.78, 5) is 24.0. The number of halogens is 1. The van der Waals surface area contributed by atoms with Crippen LogP contribution in [-0.2, 0) is 9.59 Å². The molecule has 1 aliphatic heterocycles. The Kier molecular flexibility index (Phi) is 3.97. The molecule has 0 aliphatic carbocycles. The Bertz CT molecular complexity index is 269. The molecule has 1 fully saturated rings. The van der Waals surface area contributed by atoms with Crippen molar-refractivity contribution in [3.63, 3.8) is 0 Å². The number of carboxylic acid groups (broad SMARTS) is 1. The molecule has 5 heteroatoms. The van der Waals surface area contributed by atoms with E-state index in [1.807, 2.05) is 13.8 Å². The number of alkyl halides is 1. The Labute approximate surface area is 94.2 Å². The van der Waals surface area contributed by atoms with Crippen LogP contribution in [0.2, 0.25) is 0 Å². The van der Waals surface area contributed by atoms with Crippen molar-refractivity contribution < 1.29 is 14.7 Å². The van der Waals surface area contributed by atoms with Crippen LogP contribution in [0.15, 0.2) is 0 Å². The molecule has 0 saturated carbocycles. The largest absolute Gasteiger partial charge is 0.480 e. The normalized spacial score (nSPS) is 25.4. The monoisotopic (exact) mass is 233 g/mol. The minimum Gasteiger partial charge on any atom is -0.480 e. The number of carbonyl (C=O) groups is 2. The molecule has 1 N–H and O–H groups in total. The smallest absolute Gasteiger partial charge is 0.326 e. The molecule has 1 aliphatic rings. The van der Waals surface area contributed by atoms with Gasteiger partial charge in [-0.1, -0.05) is 20.3 Å². The van der Waals surface area contributed by atoms with Crippen LogP contribution in [0, 0.1) is 5.92 Å². The van der Waals surface area contributed by atoms with E-state index in [4.69, 9.17) is 16.7 Å². The van der Waals surface area contributed by atoms with Gasteiger partial charge in [-0.15, -0.1) is 11.6 Å². The van der Waals surface area contributed by atoms with E-state index < -0.39 is 12.0 Å². The number of hydrogen-bond donors (Lipinski definition) is 1. The molecule has 4 nitrogen and oxygen atoms in total. The molecule has 0 aromatic rings. The van der Waals surface area contributed by atoms with Crippen LogP contribution in [0.5, 0.6) is 0 Å². The zero-order valence-electron chi connectivity index (χ0n) is 8.94. The van der Waals surface area contributed by atoms with Crippen LogP contribution in [0.3, 0.4) is 0 Å². The number of carboxylic acids is 1.